The third kappa shape index (κ3) is 4.40. The molecule has 0 amide bonds. The average Bonchev–Trinajstić information content (AvgIpc) is 3.08. The summed E-state index contributed by atoms with van der Waals surface area (Å²) in [6.07, 6.45) is 5.67. The van der Waals surface area contributed by atoms with Crippen LogP contribution in [0.4, 0.5) is 5.69 Å². The molecule has 1 aromatic heterocycles. The number of ether oxygens (including phenoxy) is 1. The standard InChI is InChI=1S/C19H22N2O3S2/c1-19(2)8-6-12(7-9-19)17-20-16(11-25-17)26-21-14-5-4-13(18(22)23)10-15(14)24-3/h4-6,10-11,21H,7-9H2,1-3H3,(H,22,23). The number of nitrogens with one attached hydrogen (secondary N) is 1. The van der Waals surface area contributed by atoms with Crippen molar-refractivity contribution in [1.82, 2.24) is 4.98 Å². The van der Waals surface area contributed by atoms with E-state index in [1.165, 1.54) is 37.1 Å². The number of aromatic nitrogens is 1. The smallest absolute Gasteiger partial charge is 0.335 e. The number of allylic oxidation sites excluding steroid dienone is 2. The Morgan fingerprint density at radius 3 is 2.88 bits per heavy atom. The summed E-state index contributed by atoms with van der Waals surface area (Å²) < 4.78 is 8.48. The van der Waals surface area contributed by atoms with Crippen LogP contribution < -0.4 is 9.46 Å². The minimum absolute atomic E-state index is 0.195. The van der Waals surface area contributed by atoms with E-state index < -0.39 is 5.97 Å². The highest BCUT2D eigenvalue weighted by Gasteiger charge is 2.23. The van der Waals surface area contributed by atoms with Crippen molar-refractivity contribution in [2.45, 2.75) is 38.1 Å². The molecular formula is C19H22N2O3S2. The molecule has 2 N–H and O–H groups in total. The Morgan fingerprint density at radius 1 is 1.42 bits per heavy atom. The number of carboxylic acids is 1. The van der Waals surface area contributed by atoms with Crippen LogP contribution in [0, 0.1) is 5.41 Å². The minimum Gasteiger partial charge on any atom is -0.495 e. The Hall–Kier alpha value is -1.99. The van der Waals surface area contributed by atoms with Gasteiger partial charge < -0.3 is 14.6 Å². The molecule has 0 saturated carbocycles. The van der Waals surface area contributed by atoms with Crippen molar-refractivity contribution in [3.63, 3.8) is 0 Å². The molecule has 0 bridgehead atoms. The zero-order valence-electron chi connectivity index (χ0n) is 15.0. The summed E-state index contributed by atoms with van der Waals surface area (Å²) in [4.78, 5) is 15.8. The quantitative estimate of drug-likeness (QED) is 0.629. The second-order valence-electron chi connectivity index (χ2n) is 7.01. The fourth-order valence-electron chi connectivity index (χ4n) is 2.74. The van der Waals surface area contributed by atoms with Crippen LogP contribution in [-0.2, 0) is 0 Å². The Morgan fingerprint density at radius 2 is 2.23 bits per heavy atom. The van der Waals surface area contributed by atoms with Crippen LogP contribution in [0.25, 0.3) is 5.57 Å². The third-order valence-corrected chi connectivity index (χ3v) is 6.25. The van der Waals surface area contributed by atoms with Crippen LogP contribution in [0.15, 0.2) is 34.7 Å². The van der Waals surface area contributed by atoms with Gasteiger partial charge in [0.25, 0.3) is 0 Å². The second kappa shape index (κ2) is 7.72. The van der Waals surface area contributed by atoms with E-state index in [0.717, 1.165) is 28.6 Å². The van der Waals surface area contributed by atoms with E-state index in [9.17, 15) is 4.79 Å². The monoisotopic (exact) mass is 390 g/mol. The van der Waals surface area contributed by atoms with Gasteiger partial charge in [0.1, 0.15) is 15.8 Å². The summed E-state index contributed by atoms with van der Waals surface area (Å²) in [5.74, 6) is -0.486. The van der Waals surface area contributed by atoms with Gasteiger partial charge in [-0.1, -0.05) is 19.9 Å². The van der Waals surface area contributed by atoms with Crippen molar-refractivity contribution in [2.75, 3.05) is 11.8 Å². The van der Waals surface area contributed by atoms with Gasteiger partial charge in [-0.2, -0.15) is 0 Å². The van der Waals surface area contributed by atoms with Crippen molar-refractivity contribution in [1.29, 1.82) is 0 Å². The SMILES string of the molecule is COc1cc(C(=O)O)ccc1NSc1csc(C2=CCC(C)(C)CC2)n1. The van der Waals surface area contributed by atoms with Gasteiger partial charge in [-0.05, 0) is 48.4 Å². The summed E-state index contributed by atoms with van der Waals surface area (Å²) in [5.41, 5.74) is 2.64. The molecule has 0 unspecified atom stereocenters. The lowest BCUT2D eigenvalue weighted by molar-refractivity contribution is 0.0696. The molecule has 0 aliphatic heterocycles. The maximum atomic E-state index is 11.1. The number of benzene rings is 1. The van der Waals surface area contributed by atoms with E-state index in [-0.39, 0.29) is 5.56 Å². The summed E-state index contributed by atoms with van der Waals surface area (Å²) in [6.45, 7) is 4.60. The van der Waals surface area contributed by atoms with E-state index in [1.807, 2.05) is 5.38 Å². The summed E-state index contributed by atoms with van der Waals surface area (Å²) in [6, 6.07) is 4.76. The summed E-state index contributed by atoms with van der Waals surface area (Å²) in [7, 11) is 1.52. The summed E-state index contributed by atoms with van der Waals surface area (Å²) in [5, 5.41) is 13.1. The number of anilines is 1. The molecule has 1 heterocycles. The fourth-order valence-corrected chi connectivity index (χ4v) is 4.41. The van der Waals surface area contributed by atoms with Crippen LogP contribution in [-0.4, -0.2) is 23.2 Å². The molecule has 26 heavy (non-hydrogen) atoms. The van der Waals surface area contributed by atoms with E-state index in [1.54, 1.807) is 23.5 Å². The van der Waals surface area contributed by atoms with E-state index in [0.29, 0.717) is 11.2 Å². The van der Waals surface area contributed by atoms with Crippen molar-refractivity contribution >= 4 is 40.5 Å². The van der Waals surface area contributed by atoms with Gasteiger partial charge in [-0.25, -0.2) is 9.78 Å². The number of nitrogens with zero attached hydrogens (tertiary/aromatic N) is 1. The lowest BCUT2D eigenvalue weighted by atomic mass is 9.78. The molecule has 1 aliphatic carbocycles. The number of aromatic carboxylic acids is 1. The van der Waals surface area contributed by atoms with Gasteiger partial charge in [0.05, 0.1) is 18.4 Å². The minimum atomic E-state index is -0.976. The normalized spacial score (nSPS) is 16.0. The highest BCUT2D eigenvalue weighted by atomic mass is 32.2. The number of methoxy groups -OCH3 is 1. The largest absolute Gasteiger partial charge is 0.495 e. The molecule has 0 saturated heterocycles. The predicted octanol–water partition coefficient (Wildman–Crippen LogP) is 5.56. The van der Waals surface area contributed by atoms with Gasteiger partial charge in [-0.3, -0.25) is 0 Å². The van der Waals surface area contributed by atoms with Crippen molar-refractivity contribution in [2.24, 2.45) is 5.41 Å². The van der Waals surface area contributed by atoms with Crippen molar-refractivity contribution in [3.05, 3.63) is 40.2 Å². The number of carbonyl (C=O) groups is 1. The van der Waals surface area contributed by atoms with Gasteiger partial charge in [-0.15, -0.1) is 11.3 Å². The number of thiazole rings is 1. The lowest BCUT2D eigenvalue weighted by Gasteiger charge is -2.27. The van der Waals surface area contributed by atoms with Crippen LogP contribution in [0.2, 0.25) is 0 Å². The van der Waals surface area contributed by atoms with Crippen LogP contribution in [0.3, 0.4) is 0 Å². The van der Waals surface area contributed by atoms with Crippen LogP contribution >= 0.6 is 23.3 Å². The molecular weight excluding hydrogens is 368 g/mol. The first-order chi connectivity index (χ1) is 12.4. The highest BCUT2D eigenvalue weighted by molar-refractivity contribution is 8.00. The van der Waals surface area contributed by atoms with Gasteiger partial charge >= 0.3 is 5.97 Å². The number of hydrogen-bond donors (Lipinski definition) is 2. The summed E-state index contributed by atoms with van der Waals surface area (Å²) >= 11 is 3.06. The van der Waals surface area contributed by atoms with Gasteiger partial charge in [0.2, 0.25) is 0 Å². The molecule has 138 valence electrons. The highest BCUT2D eigenvalue weighted by Crippen LogP contribution is 2.39. The number of carboxylic acid groups (broad SMARTS) is 1. The molecule has 1 aliphatic rings. The number of hydrogen-bond acceptors (Lipinski definition) is 6. The first-order valence-electron chi connectivity index (χ1n) is 8.37. The zero-order chi connectivity index (χ0) is 18.7. The number of rotatable bonds is 6. The molecule has 3 rings (SSSR count). The first-order valence-corrected chi connectivity index (χ1v) is 10.1. The Kier molecular flexibility index (Phi) is 5.58. The molecule has 0 atom stereocenters. The molecule has 0 spiro atoms. The van der Waals surface area contributed by atoms with Gasteiger partial charge in [0.15, 0.2) is 0 Å². The molecule has 1 aromatic carbocycles. The van der Waals surface area contributed by atoms with E-state index >= 15 is 0 Å². The van der Waals surface area contributed by atoms with Crippen molar-refractivity contribution < 1.29 is 14.6 Å². The molecule has 2 aromatic rings. The Labute approximate surface area is 161 Å². The second-order valence-corrected chi connectivity index (χ2v) is 8.70. The molecule has 0 radical (unpaired) electrons. The Balaban J connectivity index is 1.67. The van der Waals surface area contributed by atoms with Crippen LogP contribution in [0.5, 0.6) is 5.75 Å². The topological polar surface area (TPSA) is 71.5 Å². The maximum Gasteiger partial charge on any atom is 0.335 e. The molecule has 5 nitrogen and oxygen atoms in total. The molecule has 0 fully saturated rings. The van der Waals surface area contributed by atoms with Crippen molar-refractivity contribution in [3.8, 4) is 5.75 Å². The van der Waals surface area contributed by atoms with E-state index in [2.05, 4.69) is 24.6 Å². The fraction of sp³-hybridized carbons (Fsp3) is 0.368. The van der Waals surface area contributed by atoms with Crippen LogP contribution in [0.1, 0.15) is 48.5 Å². The lowest BCUT2D eigenvalue weighted by Crippen LogP contribution is -2.13. The van der Waals surface area contributed by atoms with Gasteiger partial charge in [0, 0.05) is 17.3 Å². The predicted molar refractivity (Wildman–Crippen MR) is 107 cm³/mol. The molecule has 7 heteroatoms. The third-order valence-electron chi connectivity index (χ3n) is 4.44. The van der Waals surface area contributed by atoms with E-state index in [4.69, 9.17) is 14.8 Å². The first kappa shape index (κ1) is 18.8. The Bertz CT molecular complexity index is 843. The zero-order valence-corrected chi connectivity index (χ0v) is 16.7. The maximum absolute atomic E-state index is 11.1. The average molecular weight is 391 g/mol.